The topological polar surface area (TPSA) is 61.0 Å². The van der Waals surface area contributed by atoms with Crippen LogP contribution in [0.1, 0.15) is 37.7 Å². The molecule has 4 nitrogen and oxygen atoms in total. The first-order chi connectivity index (χ1) is 8.08. The molecule has 94 valence electrons. The van der Waals surface area contributed by atoms with Crippen LogP contribution in [0.4, 0.5) is 5.82 Å². The Bertz CT molecular complexity index is 403. The molecule has 1 atom stereocenters. The van der Waals surface area contributed by atoms with Crippen LogP contribution in [0.3, 0.4) is 0 Å². The van der Waals surface area contributed by atoms with Crippen molar-refractivity contribution >= 4 is 28.4 Å². The van der Waals surface area contributed by atoms with E-state index in [2.05, 4.69) is 46.4 Å². The first kappa shape index (κ1) is 13.0. The molecule has 1 unspecified atom stereocenters. The molecule has 2 heterocycles. The van der Waals surface area contributed by atoms with Crippen molar-refractivity contribution in [1.29, 1.82) is 0 Å². The van der Waals surface area contributed by atoms with E-state index in [4.69, 9.17) is 10.5 Å². The zero-order chi connectivity index (χ0) is 12.4. The number of anilines is 1. The quantitative estimate of drug-likeness (QED) is 0.853. The number of hydrogen-bond donors (Lipinski definition) is 1. The van der Waals surface area contributed by atoms with Crippen molar-refractivity contribution in [3.63, 3.8) is 0 Å². The Balaban J connectivity index is 2.31. The molecule has 17 heavy (non-hydrogen) atoms. The molecule has 0 aromatic carbocycles. The van der Waals surface area contributed by atoms with Crippen molar-refractivity contribution in [1.82, 2.24) is 9.97 Å². The number of halogens is 1. The molecule has 0 aliphatic carbocycles. The first-order valence-corrected chi connectivity index (χ1v) is 7.05. The van der Waals surface area contributed by atoms with Gasteiger partial charge in [0.1, 0.15) is 11.6 Å². The van der Waals surface area contributed by atoms with E-state index in [0.717, 1.165) is 41.1 Å². The van der Waals surface area contributed by atoms with Gasteiger partial charge in [-0.25, -0.2) is 9.97 Å². The van der Waals surface area contributed by atoms with Gasteiger partial charge in [0.2, 0.25) is 0 Å². The van der Waals surface area contributed by atoms with E-state index in [-0.39, 0.29) is 0 Å². The Morgan fingerprint density at radius 1 is 1.47 bits per heavy atom. The summed E-state index contributed by atoms with van der Waals surface area (Å²) in [4.78, 5) is 9.08. The highest BCUT2D eigenvalue weighted by Crippen LogP contribution is 2.26. The van der Waals surface area contributed by atoms with Gasteiger partial charge in [-0.05, 0) is 41.4 Å². The smallest absolute Gasteiger partial charge is 0.140 e. The van der Waals surface area contributed by atoms with Crippen LogP contribution >= 0.6 is 22.6 Å². The summed E-state index contributed by atoms with van der Waals surface area (Å²) in [6.45, 7) is 5.90. The normalized spacial score (nSPS) is 20.1. The minimum absolute atomic E-state index is 0.320. The zero-order valence-corrected chi connectivity index (χ0v) is 12.4. The lowest BCUT2D eigenvalue weighted by Gasteiger charge is -2.13. The van der Waals surface area contributed by atoms with Crippen molar-refractivity contribution in [2.45, 2.75) is 32.6 Å². The molecule has 0 amide bonds. The molecule has 0 radical (unpaired) electrons. The maximum atomic E-state index is 5.97. The molecule has 1 aromatic rings. The highest BCUT2D eigenvalue weighted by molar-refractivity contribution is 14.1. The fourth-order valence-corrected chi connectivity index (χ4v) is 2.44. The number of nitrogens with zero attached hydrogens (tertiary/aromatic N) is 2. The van der Waals surface area contributed by atoms with E-state index in [9.17, 15) is 0 Å². The summed E-state index contributed by atoms with van der Waals surface area (Å²) < 4.78 is 6.38. The van der Waals surface area contributed by atoms with E-state index in [1.54, 1.807) is 0 Å². The van der Waals surface area contributed by atoms with Crippen LogP contribution in [-0.4, -0.2) is 23.2 Å². The maximum absolute atomic E-state index is 5.97. The molecule has 1 fully saturated rings. The third kappa shape index (κ3) is 3.07. The van der Waals surface area contributed by atoms with E-state index in [0.29, 0.717) is 17.7 Å². The largest absolute Gasteiger partial charge is 0.383 e. The number of aromatic nitrogens is 2. The Hall–Kier alpha value is -0.430. The summed E-state index contributed by atoms with van der Waals surface area (Å²) in [6.07, 6.45) is 1.95. The third-order valence-electron chi connectivity index (χ3n) is 2.86. The van der Waals surface area contributed by atoms with E-state index in [1.807, 2.05) is 0 Å². The van der Waals surface area contributed by atoms with Crippen molar-refractivity contribution in [2.24, 2.45) is 5.92 Å². The van der Waals surface area contributed by atoms with E-state index >= 15 is 0 Å². The molecule has 5 heteroatoms. The van der Waals surface area contributed by atoms with Gasteiger partial charge in [-0.3, -0.25) is 0 Å². The monoisotopic (exact) mass is 347 g/mol. The lowest BCUT2D eigenvalue weighted by molar-refractivity contribution is 0.193. The van der Waals surface area contributed by atoms with Gasteiger partial charge in [0.25, 0.3) is 0 Å². The highest BCUT2D eigenvalue weighted by atomic mass is 127. The Morgan fingerprint density at radius 2 is 2.24 bits per heavy atom. The second-order valence-corrected chi connectivity index (χ2v) is 5.96. The second-order valence-electron chi connectivity index (χ2n) is 4.89. The average molecular weight is 347 g/mol. The number of hydrogen-bond acceptors (Lipinski definition) is 4. The zero-order valence-electron chi connectivity index (χ0n) is 10.2. The number of ether oxygens (including phenoxy) is 1. The van der Waals surface area contributed by atoms with E-state index in [1.165, 1.54) is 0 Å². The Kier molecular flexibility index (Phi) is 4.19. The molecular formula is C12H18IN3O. The van der Waals surface area contributed by atoms with Crippen LogP contribution in [0.5, 0.6) is 0 Å². The number of rotatable bonds is 3. The Labute approximate surface area is 115 Å². The summed E-state index contributed by atoms with van der Waals surface area (Å²) >= 11 is 2.24. The summed E-state index contributed by atoms with van der Waals surface area (Å²) in [5.74, 6) is 2.36. The molecule has 0 bridgehead atoms. The highest BCUT2D eigenvalue weighted by Gasteiger charge is 2.22. The van der Waals surface area contributed by atoms with Gasteiger partial charge in [0, 0.05) is 12.5 Å². The Morgan fingerprint density at radius 3 is 2.82 bits per heavy atom. The molecule has 0 saturated carbocycles. The standard InChI is InChI=1S/C12H18IN3O/c1-7(2)5-9-10(13)11(14)16-12(15-9)8-3-4-17-6-8/h7-8H,3-6H2,1-2H3,(H2,14,15,16). The molecular weight excluding hydrogens is 329 g/mol. The molecule has 0 spiro atoms. The van der Waals surface area contributed by atoms with Gasteiger partial charge >= 0.3 is 0 Å². The number of nitrogen functional groups attached to an aromatic ring is 1. The van der Waals surface area contributed by atoms with Crippen LogP contribution < -0.4 is 5.73 Å². The first-order valence-electron chi connectivity index (χ1n) is 5.97. The molecule has 2 rings (SSSR count). The van der Waals surface area contributed by atoms with Crippen LogP contribution in [0, 0.1) is 9.49 Å². The van der Waals surface area contributed by atoms with Crippen LogP contribution in [0.25, 0.3) is 0 Å². The average Bonchev–Trinajstić information content (AvgIpc) is 2.77. The molecule has 1 saturated heterocycles. The number of nitrogens with two attached hydrogens (primary N) is 1. The van der Waals surface area contributed by atoms with E-state index < -0.39 is 0 Å². The van der Waals surface area contributed by atoms with Crippen LogP contribution in [0.2, 0.25) is 0 Å². The molecule has 1 aliphatic heterocycles. The van der Waals surface area contributed by atoms with Gasteiger partial charge in [-0.15, -0.1) is 0 Å². The fraction of sp³-hybridized carbons (Fsp3) is 0.667. The predicted octanol–water partition coefficient (Wildman–Crippen LogP) is 2.37. The van der Waals surface area contributed by atoms with Crippen molar-refractivity contribution < 1.29 is 4.74 Å². The van der Waals surface area contributed by atoms with Gasteiger partial charge in [0.05, 0.1) is 15.9 Å². The van der Waals surface area contributed by atoms with Gasteiger partial charge < -0.3 is 10.5 Å². The van der Waals surface area contributed by atoms with Gasteiger partial charge in [-0.2, -0.15) is 0 Å². The minimum Gasteiger partial charge on any atom is -0.383 e. The van der Waals surface area contributed by atoms with Gasteiger partial charge in [-0.1, -0.05) is 13.8 Å². The predicted molar refractivity (Wildman–Crippen MR) is 75.9 cm³/mol. The lowest BCUT2D eigenvalue weighted by Crippen LogP contribution is -2.12. The van der Waals surface area contributed by atoms with Crippen molar-refractivity contribution in [3.05, 3.63) is 15.1 Å². The maximum Gasteiger partial charge on any atom is 0.140 e. The summed E-state index contributed by atoms with van der Waals surface area (Å²) in [7, 11) is 0. The van der Waals surface area contributed by atoms with Crippen LogP contribution in [0.15, 0.2) is 0 Å². The van der Waals surface area contributed by atoms with Crippen LogP contribution in [-0.2, 0) is 11.2 Å². The third-order valence-corrected chi connectivity index (χ3v) is 4.03. The lowest BCUT2D eigenvalue weighted by atomic mass is 10.1. The molecule has 1 aliphatic rings. The SMILES string of the molecule is CC(C)Cc1nc(C2CCOC2)nc(N)c1I. The summed E-state index contributed by atoms with van der Waals surface area (Å²) in [5.41, 5.74) is 7.04. The summed E-state index contributed by atoms with van der Waals surface area (Å²) in [6, 6.07) is 0. The van der Waals surface area contributed by atoms with Crippen molar-refractivity contribution in [3.8, 4) is 0 Å². The summed E-state index contributed by atoms with van der Waals surface area (Å²) in [5, 5.41) is 0. The van der Waals surface area contributed by atoms with Gasteiger partial charge in [0.15, 0.2) is 0 Å². The molecule has 2 N–H and O–H groups in total. The second kappa shape index (κ2) is 5.48. The minimum atomic E-state index is 0.320. The fourth-order valence-electron chi connectivity index (χ4n) is 1.98. The van der Waals surface area contributed by atoms with Crippen molar-refractivity contribution in [2.75, 3.05) is 18.9 Å². The molecule has 1 aromatic heterocycles.